The second-order valence-electron chi connectivity index (χ2n) is 20.4. The van der Waals surface area contributed by atoms with Crippen LogP contribution in [0.25, 0.3) is 0 Å². The minimum Gasteiger partial charge on any atom is -0.462 e. The first kappa shape index (κ1) is 62.4. The lowest BCUT2D eigenvalue weighted by molar-refractivity contribution is -0.167. The molecule has 1 atom stereocenters. The van der Waals surface area contributed by atoms with Crippen molar-refractivity contribution in [3.8, 4) is 0 Å². The number of ether oxygens (including phenoxy) is 3. The summed E-state index contributed by atoms with van der Waals surface area (Å²) < 4.78 is 16.9. The van der Waals surface area contributed by atoms with Gasteiger partial charge in [0.25, 0.3) is 0 Å². The van der Waals surface area contributed by atoms with Gasteiger partial charge in [0.2, 0.25) is 0 Å². The van der Waals surface area contributed by atoms with Gasteiger partial charge in [-0.2, -0.15) is 0 Å². The normalized spacial score (nSPS) is 12.0. The summed E-state index contributed by atoms with van der Waals surface area (Å²) in [5.41, 5.74) is 0. The maximum absolute atomic E-state index is 12.8. The average Bonchev–Trinajstić information content (AvgIpc) is 3.28. The lowest BCUT2D eigenvalue weighted by Crippen LogP contribution is -2.30. The molecular formula is C58H112O6. The van der Waals surface area contributed by atoms with Gasteiger partial charge in [0.15, 0.2) is 6.10 Å². The fourth-order valence-corrected chi connectivity index (χ4v) is 8.92. The van der Waals surface area contributed by atoms with Crippen LogP contribution in [0.15, 0.2) is 0 Å². The molecule has 0 aromatic heterocycles. The van der Waals surface area contributed by atoms with Crippen LogP contribution in [-0.2, 0) is 28.6 Å². The molecule has 64 heavy (non-hydrogen) atoms. The van der Waals surface area contributed by atoms with Crippen LogP contribution in [0.4, 0.5) is 0 Å². The SMILES string of the molecule is CCCCCCCCCCCCCCCCCCCC(=O)OC[C@H](COC(=O)CCCCCCCCCCCCCCCCC(C)C)OC(=O)CCCCCCCCCCCCCC. The summed E-state index contributed by atoms with van der Waals surface area (Å²) in [5, 5.41) is 0. The fourth-order valence-electron chi connectivity index (χ4n) is 8.92. The molecule has 6 heteroatoms. The molecule has 0 N–H and O–H groups in total. The fraction of sp³-hybridized carbons (Fsp3) is 0.948. The zero-order valence-corrected chi connectivity index (χ0v) is 43.8. The first-order chi connectivity index (χ1) is 31.4. The molecule has 6 nitrogen and oxygen atoms in total. The minimum atomic E-state index is -0.761. The van der Waals surface area contributed by atoms with Gasteiger partial charge in [0, 0.05) is 19.3 Å². The summed E-state index contributed by atoms with van der Waals surface area (Å²) >= 11 is 0. The third-order valence-corrected chi connectivity index (χ3v) is 13.3. The van der Waals surface area contributed by atoms with E-state index >= 15 is 0 Å². The monoisotopic (exact) mass is 905 g/mol. The Kier molecular flexibility index (Phi) is 51.1. The van der Waals surface area contributed by atoms with E-state index in [9.17, 15) is 14.4 Å². The van der Waals surface area contributed by atoms with E-state index < -0.39 is 6.10 Å². The van der Waals surface area contributed by atoms with E-state index in [1.807, 2.05) is 0 Å². The molecule has 0 spiro atoms. The highest BCUT2D eigenvalue weighted by atomic mass is 16.6. The predicted molar refractivity (Wildman–Crippen MR) is 275 cm³/mol. The summed E-state index contributed by atoms with van der Waals surface area (Å²) in [6.07, 6.45) is 56.6. The zero-order valence-electron chi connectivity index (χ0n) is 43.8. The van der Waals surface area contributed by atoms with Gasteiger partial charge in [-0.05, 0) is 25.2 Å². The van der Waals surface area contributed by atoms with E-state index in [0.717, 1.165) is 63.7 Å². The Morgan fingerprint density at radius 1 is 0.297 bits per heavy atom. The van der Waals surface area contributed by atoms with Crippen LogP contribution in [0, 0.1) is 5.92 Å². The molecule has 0 radical (unpaired) electrons. The molecule has 0 aromatic carbocycles. The van der Waals surface area contributed by atoms with E-state index in [1.165, 1.54) is 225 Å². The second-order valence-corrected chi connectivity index (χ2v) is 20.4. The van der Waals surface area contributed by atoms with E-state index in [4.69, 9.17) is 14.2 Å². The van der Waals surface area contributed by atoms with Crippen molar-refractivity contribution >= 4 is 17.9 Å². The number of unbranched alkanes of at least 4 members (excludes halogenated alkanes) is 40. The average molecular weight is 906 g/mol. The molecule has 0 aliphatic carbocycles. The smallest absolute Gasteiger partial charge is 0.306 e. The molecule has 0 saturated heterocycles. The Morgan fingerprint density at radius 2 is 0.516 bits per heavy atom. The van der Waals surface area contributed by atoms with Gasteiger partial charge in [-0.1, -0.05) is 291 Å². The molecule has 0 saturated carbocycles. The largest absolute Gasteiger partial charge is 0.462 e. The molecule has 0 bridgehead atoms. The van der Waals surface area contributed by atoms with Crippen LogP contribution in [0.2, 0.25) is 0 Å². The molecule has 0 unspecified atom stereocenters. The van der Waals surface area contributed by atoms with Crippen molar-refractivity contribution in [1.82, 2.24) is 0 Å². The van der Waals surface area contributed by atoms with Crippen molar-refractivity contribution in [2.75, 3.05) is 13.2 Å². The Hall–Kier alpha value is -1.59. The van der Waals surface area contributed by atoms with Gasteiger partial charge in [0.1, 0.15) is 13.2 Å². The van der Waals surface area contributed by atoms with Crippen molar-refractivity contribution in [1.29, 1.82) is 0 Å². The number of esters is 3. The summed E-state index contributed by atoms with van der Waals surface area (Å²) in [5.74, 6) is 0.00917. The Morgan fingerprint density at radius 3 is 0.766 bits per heavy atom. The maximum atomic E-state index is 12.8. The summed E-state index contributed by atoms with van der Waals surface area (Å²) in [6.45, 7) is 9.06. The maximum Gasteiger partial charge on any atom is 0.306 e. The number of rotatable bonds is 53. The van der Waals surface area contributed by atoms with Gasteiger partial charge in [-0.3, -0.25) is 14.4 Å². The molecule has 0 heterocycles. The molecule has 0 fully saturated rings. The number of hydrogen-bond acceptors (Lipinski definition) is 6. The molecule has 380 valence electrons. The van der Waals surface area contributed by atoms with Crippen molar-refractivity contribution in [2.45, 2.75) is 336 Å². The second kappa shape index (κ2) is 52.4. The van der Waals surface area contributed by atoms with Gasteiger partial charge in [-0.15, -0.1) is 0 Å². The third-order valence-electron chi connectivity index (χ3n) is 13.3. The number of carbonyl (C=O) groups excluding carboxylic acids is 3. The number of hydrogen-bond donors (Lipinski definition) is 0. The third kappa shape index (κ3) is 51.4. The number of carbonyl (C=O) groups is 3. The summed E-state index contributed by atoms with van der Waals surface area (Å²) in [4.78, 5) is 38.1. The summed E-state index contributed by atoms with van der Waals surface area (Å²) in [6, 6.07) is 0. The highest BCUT2D eigenvalue weighted by Crippen LogP contribution is 2.18. The molecule has 0 rings (SSSR count). The van der Waals surface area contributed by atoms with Crippen LogP contribution >= 0.6 is 0 Å². The topological polar surface area (TPSA) is 78.9 Å². The Bertz CT molecular complexity index is 964. The Balaban J connectivity index is 4.26. The highest BCUT2D eigenvalue weighted by Gasteiger charge is 2.19. The first-order valence-corrected chi connectivity index (χ1v) is 28.9. The van der Waals surface area contributed by atoms with Gasteiger partial charge in [-0.25, -0.2) is 0 Å². The first-order valence-electron chi connectivity index (χ1n) is 28.9. The van der Waals surface area contributed by atoms with Gasteiger partial charge >= 0.3 is 17.9 Å². The van der Waals surface area contributed by atoms with Crippen LogP contribution in [0.5, 0.6) is 0 Å². The van der Waals surface area contributed by atoms with Crippen molar-refractivity contribution in [3.63, 3.8) is 0 Å². The quantitative estimate of drug-likeness (QED) is 0.0344. The van der Waals surface area contributed by atoms with Gasteiger partial charge < -0.3 is 14.2 Å². The molecule has 0 amide bonds. The summed E-state index contributed by atoms with van der Waals surface area (Å²) in [7, 11) is 0. The molecule has 0 aliphatic heterocycles. The van der Waals surface area contributed by atoms with Crippen LogP contribution in [-0.4, -0.2) is 37.2 Å². The predicted octanol–water partition coefficient (Wildman–Crippen LogP) is 19.0. The molecule has 0 aromatic rings. The lowest BCUT2D eigenvalue weighted by atomic mass is 10.0. The van der Waals surface area contributed by atoms with Crippen molar-refractivity contribution < 1.29 is 28.6 Å². The van der Waals surface area contributed by atoms with E-state index in [2.05, 4.69) is 27.7 Å². The van der Waals surface area contributed by atoms with Crippen LogP contribution < -0.4 is 0 Å². The molecular weight excluding hydrogens is 793 g/mol. The van der Waals surface area contributed by atoms with Crippen LogP contribution in [0.1, 0.15) is 329 Å². The highest BCUT2D eigenvalue weighted by molar-refractivity contribution is 5.71. The van der Waals surface area contributed by atoms with E-state index in [-0.39, 0.29) is 31.1 Å². The van der Waals surface area contributed by atoms with Crippen molar-refractivity contribution in [3.05, 3.63) is 0 Å². The standard InChI is InChI=1S/C58H112O6/c1-5-7-9-11-13-15-17-19-20-21-22-26-30-33-37-41-45-49-56(59)62-52-55(64-58(61)51-47-43-39-35-29-18-16-14-12-10-8-6-2)53-63-57(60)50-46-42-38-34-31-27-24-23-25-28-32-36-40-44-48-54(3)4/h54-55H,5-53H2,1-4H3/t55-/m1/s1. The lowest BCUT2D eigenvalue weighted by Gasteiger charge is -2.18. The van der Waals surface area contributed by atoms with E-state index in [0.29, 0.717) is 19.3 Å². The van der Waals surface area contributed by atoms with Crippen LogP contribution in [0.3, 0.4) is 0 Å². The van der Waals surface area contributed by atoms with Crippen molar-refractivity contribution in [2.24, 2.45) is 5.92 Å². The van der Waals surface area contributed by atoms with Gasteiger partial charge in [0.05, 0.1) is 0 Å². The minimum absolute atomic E-state index is 0.0618. The molecule has 0 aliphatic rings. The Labute approximate surface area is 399 Å². The van der Waals surface area contributed by atoms with E-state index in [1.54, 1.807) is 0 Å². The zero-order chi connectivity index (χ0) is 46.7.